The fraction of sp³-hybridized carbons (Fsp3) is 0. The van der Waals surface area contributed by atoms with Gasteiger partial charge in [0.1, 0.15) is 0 Å². The molecule has 6 heteroatoms. The maximum Gasteiger partial charge on any atom is 0.258 e. The molecule has 0 atom stereocenters. The van der Waals surface area contributed by atoms with Gasteiger partial charge in [-0.15, -0.1) is 0 Å². The maximum atomic E-state index is 5.91. The number of hydrogen-bond donors (Lipinski definition) is 1. The topological polar surface area (TPSA) is 64.9 Å². The van der Waals surface area contributed by atoms with E-state index in [-0.39, 0.29) is 0 Å². The molecule has 0 aliphatic heterocycles. The van der Waals surface area contributed by atoms with Gasteiger partial charge < -0.3 is 10.3 Å². The van der Waals surface area contributed by atoms with E-state index in [1.807, 2.05) is 36.4 Å². The smallest absolute Gasteiger partial charge is 0.258 e. The fourth-order valence-corrected chi connectivity index (χ4v) is 3.12. The van der Waals surface area contributed by atoms with Gasteiger partial charge in [0.25, 0.3) is 5.89 Å². The number of benzene rings is 2. The van der Waals surface area contributed by atoms with Crippen LogP contribution in [0.1, 0.15) is 0 Å². The van der Waals surface area contributed by atoms with Gasteiger partial charge in [-0.1, -0.05) is 49.1 Å². The van der Waals surface area contributed by atoms with Crippen molar-refractivity contribution in [2.24, 2.45) is 0 Å². The maximum absolute atomic E-state index is 5.91. The Hall–Kier alpha value is -1.66. The van der Waals surface area contributed by atoms with Crippen LogP contribution in [0, 0.1) is 0 Å². The summed E-state index contributed by atoms with van der Waals surface area (Å²) in [5, 5.41) is 3.99. The second-order valence-electron chi connectivity index (χ2n) is 4.17. The van der Waals surface area contributed by atoms with Crippen LogP contribution in [0.4, 0.5) is 5.69 Å². The van der Waals surface area contributed by atoms with E-state index >= 15 is 0 Å². The summed E-state index contributed by atoms with van der Waals surface area (Å²) in [6.45, 7) is 0. The number of nitrogen functional groups attached to an aromatic ring is 1. The lowest BCUT2D eigenvalue weighted by atomic mass is 10.2. The Morgan fingerprint density at radius 1 is 1.00 bits per heavy atom. The van der Waals surface area contributed by atoms with E-state index in [0.717, 1.165) is 20.1 Å². The normalized spacial score (nSPS) is 10.7. The Labute approximate surface area is 132 Å². The summed E-state index contributed by atoms with van der Waals surface area (Å²) in [5.74, 6) is 0.930. The predicted molar refractivity (Wildman–Crippen MR) is 85.0 cm³/mol. The minimum Gasteiger partial charge on any atom is -0.398 e. The van der Waals surface area contributed by atoms with Crippen molar-refractivity contribution in [2.45, 2.75) is 0 Å². The minimum absolute atomic E-state index is 0.449. The van der Waals surface area contributed by atoms with Crippen LogP contribution in [0.2, 0.25) is 0 Å². The molecule has 1 heterocycles. The van der Waals surface area contributed by atoms with Crippen LogP contribution in [0.5, 0.6) is 0 Å². The van der Waals surface area contributed by atoms with E-state index < -0.39 is 0 Å². The lowest BCUT2D eigenvalue weighted by Gasteiger charge is -1.99. The van der Waals surface area contributed by atoms with Crippen LogP contribution in [0.3, 0.4) is 0 Å². The Morgan fingerprint density at radius 3 is 2.40 bits per heavy atom. The van der Waals surface area contributed by atoms with Crippen LogP contribution < -0.4 is 5.73 Å². The number of anilines is 1. The van der Waals surface area contributed by atoms with Crippen molar-refractivity contribution in [3.63, 3.8) is 0 Å². The van der Waals surface area contributed by atoms with Crippen molar-refractivity contribution in [2.75, 3.05) is 5.73 Å². The summed E-state index contributed by atoms with van der Waals surface area (Å²) in [5.41, 5.74) is 8.13. The van der Waals surface area contributed by atoms with Gasteiger partial charge in [0.05, 0.1) is 0 Å². The molecule has 0 saturated heterocycles. The van der Waals surface area contributed by atoms with Gasteiger partial charge in [0, 0.05) is 25.8 Å². The molecule has 0 unspecified atom stereocenters. The number of halogens is 2. The van der Waals surface area contributed by atoms with Gasteiger partial charge in [-0.2, -0.15) is 4.98 Å². The first-order chi connectivity index (χ1) is 9.63. The molecule has 0 fully saturated rings. The number of nitrogens with zero attached hydrogens (tertiary/aromatic N) is 2. The summed E-state index contributed by atoms with van der Waals surface area (Å²) >= 11 is 6.87. The fourth-order valence-electron chi connectivity index (χ4n) is 1.83. The summed E-state index contributed by atoms with van der Waals surface area (Å²) in [4.78, 5) is 4.39. The van der Waals surface area contributed by atoms with Gasteiger partial charge in [0.2, 0.25) is 5.82 Å². The largest absolute Gasteiger partial charge is 0.398 e. The van der Waals surface area contributed by atoms with Crippen LogP contribution in [-0.4, -0.2) is 10.1 Å². The Balaban J connectivity index is 2.04. The zero-order valence-corrected chi connectivity index (χ0v) is 13.3. The van der Waals surface area contributed by atoms with E-state index in [1.54, 1.807) is 6.07 Å². The highest BCUT2D eigenvalue weighted by Gasteiger charge is 2.13. The van der Waals surface area contributed by atoms with E-state index in [2.05, 4.69) is 42.0 Å². The van der Waals surface area contributed by atoms with E-state index in [4.69, 9.17) is 10.3 Å². The van der Waals surface area contributed by atoms with Crippen molar-refractivity contribution >= 4 is 37.5 Å². The molecule has 1 aromatic heterocycles. The lowest BCUT2D eigenvalue weighted by molar-refractivity contribution is 0.432. The van der Waals surface area contributed by atoms with Gasteiger partial charge in [-0.25, -0.2) is 0 Å². The van der Waals surface area contributed by atoms with E-state index in [1.165, 1.54) is 0 Å². The average molecular weight is 395 g/mol. The highest BCUT2D eigenvalue weighted by atomic mass is 79.9. The van der Waals surface area contributed by atoms with Crippen molar-refractivity contribution in [3.8, 4) is 22.8 Å². The molecule has 0 amide bonds. The van der Waals surface area contributed by atoms with Crippen molar-refractivity contribution in [3.05, 3.63) is 51.4 Å². The molecule has 3 rings (SSSR count). The first-order valence-electron chi connectivity index (χ1n) is 5.78. The molecule has 0 aliphatic carbocycles. The number of nitrogens with two attached hydrogens (primary N) is 1. The number of para-hydroxylation sites is 1. The average Bonchev–Trinajstić information content (AvgIpc) is 2.87. The second kappa shape index (κ2) is 5.38. The van der Waals surface area contributed by atoms with Crippen LogP contribution >= 0.6 is 31.9 Å². The monoisotopic (exact) mass is 393 g/mol. The molecule has 0 bridgehead atoms. The molecule has 0 spiro atoms. The van der Waals surface area contributed by atoms with Gasteiger partial charge in [-0.05, 0) is 30.3 Å². The minimum atomic E-state index is 0.449. The highest BCUT2D eigenvalue weighted by molar-refractivity contribution is 9.11. The molecule has 4 nitrogen and oxygen atoms in total. The molecule has 0 aliphatic rings. The van der Waals surface area contributed by atoms with Crippen LogP contribution in [-0.2, 0) is 0 Å². The van der Waals surface area contributed by atoms with Gasteiger partial charge in [0.15, 0.2) is 0 Å². The van der Waals surface area contributed by atoms with Crippen molar-refractivity contribution < 1.29 is 4.52 Å². The first kappa shape index (κ1) is 13.3. The molecule has 2 N–H and O–H groups in total. The van der Waals surface area contributed by atoms with Crippen LogP contribution in [0.15, 0.2) is 55.9 Å². The Bertz CT molecular complexity index is 750. The summed E-state index contributed by atoms with van der Waals surface area (Å²) < 4.78 is 7.17. The summed E-state index contributed by atoms with van der Waals surface area (Å²) in [6.07, 6.45) is 0. The SMILES string of the molecule is Nc1ccccc1-c1noc(-c2cc(Br)cc(Br)c2)n1. The molecule has 0 saturated carbocycles. The Kier molecular flexibility index (Phi) is 3.58. The third-order valence-electron chi connectivity index (χ3n) is 2.74. The zero-order chi connectivity index (χ0) is 14.1. The standard InChI is InChI=1S/C14H9Br2N3O/c15-9-5-8(6-10(16)7-9)14-18-13(19-20-14)11-3-1-2-4-12(11)17/h1-7H,17H2. The van der Waals surface area contributed by atoms with Gasteiger partial charge in [-0.3, -0.25) is 0 Å². The number of rotatable bonds is 2. The number of aromatic nitrogens is 2. The third-order valence-corrected chi connectivity index (χ3v) is 3.65. The van der Waals surface area contributed by atoms with Crippen molar-refractivity contribution in [1.29, 1.82) is 0 Å². The second-order valence-corrected chi connectivity index (χ2v) is 6.00. The van der Waals surface area contributed by atoms with Crippen LogP contribution in [0.25, 0.3) is 22.8 Å². The zero-order valence-electron chi connectivity index (χ0n) is 10.2. The van der Waals surface area contributed by atoms with Gasteiger partial charge >= 0.3 is 0 Å². The Morgan fingerprint density at radius 2 is 1.70 bits per heavy atom. The van der Waals surface area contributed by atoms with Crippen molar-refractivity contribution in [1.82, 2.24) is 10.1 Å². The number of hydrogen-bond acceptors (Lipinski definition) is 4. The highest BCUT2D eigenvalue weighted by Crippen LogP contribution is 2.29. The summed E-state index contributed by atoms with van der Waals surface area (Å²) in [6, 6.07) is 13.2. The third kappa shape index (κ3) is 2.62. The quantitative estimate of drug-likeness (QED) is 0.649. The van der Waals surface area contributed by atoms with E-state index in [9.17, 15) is 0 Å². The molecule has 0 radical (unpaired) electrons. The summed E-state index contributed by atoms with van der Waals surface area (Å²) in [7, 11) is 0. The molecule has 20 heavy (non-hydrogen) atoms. The lowest BCUT2D eigenvalue weighted by Crippen LogP contribution is -1.90. The van der Waals surface area contributed by atoms with E-state index in [0.29, 0.717) is 17.4 Å². The first-order valence-corrected chi connectivity index (χ1v) is 7.37. The predicted octanol–water partition coefficient (Wildman–Crippen LogP) is 4.51. The molecule has 2 aromatic carbocycles. The molecular formula is C14H9Br2N3O. The molecule has 3 aromatic rings. The molecule has 100 valence electrons. The molecular weight excluding hydrogens is 386 g/mol.